The lowest BCUT2D eigenvalue weighted by atomic mass is 9.78. The topological polar surface area (TPSA) is 35.5 Å². The first-order valence-electron chi connectivity index (χ1n) is 10.4. The minimum absolute atomic E-state index is 0.0121. The van der Waals surface area contributed by atoms with Crippen molar-refractivity contribution in [1.82, 2.24) is 0 Å². The highest BCUT2D eigenvalue weighted by atomic mass is 16.6. The molecule has 3 nitrogen and oxygen atoms in total. The normalized spacial score (nSPS) is 20.8. The van der Waals surface area contributed by atoms with Crippen molar-refractivity contribution in [2.75, 3.05) is 0 Å². The van der Waals surface area contributed by atoms with Crippen LogP contribution in [0.25, 0.3) is 10.8 Å². The summed E-state index contributed by atoms with van der Waals surface area (Å²) in [6.07, 6.45) is 3.93. The molecule has 154 valence electrons. The van der Waals surface area contributed by atoms with E-state index in [0.29, 0.717) is 5.57 Å². The zero-order valence-electron chi connectivity index (χ0n) is 18.2. The molecule has 3 unspecified atom stereocenters. The van der Waals surface area contributed by atoms with Crippen molar-refractivity contribution in [3.05, 3.63) is 71.8 Å². The lowest BCUT2D eigenvalue weighted by molar-refractivity contribution is -0.158. The summed E-state index contributed by atoms with van der Waals surface area (Å²) in [5.74, 6) is -0.133. The minimum Gasteiger partial charge on any atom is -0.456 e. The number of fused-ring (bicyclic) bond motifs is 1. The Morgan fingerprint density at radius 2 is 1.86 bits per heavy atom. The highest BCUT2D eigenvalue weighted by Gasteiger charge is 2.37. The van der Waals surface area contributed by atoms with E-state index >= 15 is 0 Å². The second kappa shape index (κ2) is 8.54. The number of benzene rings is 2. The number of carbonyl (C=O) groups excluding carboxylic acids is 1. The summed E-state index contributed by atoms with van der Waals surface area (Å²) < 4.78 is 12.2. The van der Waals surface area contributed by atoms with Crippen LogP contribution >= 0.6 is 0 Å². The molecule has 0 N–H and O–H groups in total. The first-order chi connectivity index (χ1) is 13.7. The van der Waals surface area contributed by atoms with Gasteiger partial charge in [-0.2, -0.15) is 0 Å². The third-order valence-electron chi connectivity index (χ3n) is 6.03. The Kier molecular flexibility index (Phi) is 6.28. The Hall–Kier alpha value is -2.39. The van der Waals surface area contributed by atoms with E-state index in [1.54, 1.807) is 6.92 Å². The van der Waals surface area contributed by atoms with Gasteiger partial charge in [0.1, 0.15) is 5.60 Å². The Balaban J connectivity index is 1.72. The van der Waals surface area contributed by atoms with E-state index in [9.17, 15) is 4.79 Å². The Bertz CT molecular complexity index is 938. The maximum Gasteiger partial charge on any atom is 0.333 e. The van der Waals surface area contributed by atoms with E-state index in [-0.39, 0.29) is 24.1 Å². The van der Waals surface area contributed by atoms with Gasteiger partial charge in [0.15, 0.2) is 0 Å². The molecule has 0 heterocycles. The lowest BCUT2D eigenvalue weighted by Gasteiger charge is -2.39. The molecule has 29 heavy (non-hydrogen) atoms. The number of allylic oxidation sites excluding steroid dienone is 1. The molecule has 0 bridgehead atoms. The van der Waals surface area contributed by atoms with Crippen molar-refractivity contribution >= 4 is 16.7 Å². The second-order valence-electron chi connectivity index (χ2n) is 8.76. The summed E-state index contributed by atoms with van der Waals surface area (Å²) in [6, 6.07) is 14.9. The summed E-state index contributed by atoms with van der Waals surface area (Å²) >= 11 is 0. The third-order valence-corrected chi connectivity index (χ3v) is 6.03. The average molecular weight is 393 g/mol. The van der Waals surface area contributed by atoms with Crippen LogP contribution in [0.1, 0.15) is 59.1 Å². The number of hydrogen-bond acceptors (Lipinski definition) is 3. The first-order valence-corrected chi connectivity index (χ1v) is 10.4. The van der Waals surface area contributed by atoms with Gasteiger partial charge in [0.25, 0.3) is 0 Å². The first kappa shape index (κ1) is 21.3. The SMILES string of the molecule is C=C(C)C(=O)OC(C)(C)C1CC=C(C)C(OC(C)c2ccc3ccccc3c2)C1. The molecule has 3 rings (SSSR count). The Morgan fingerprint density at radius 1 is 1.17 bits per heavy atom. The minimum atomic E-state index is -0.568. The second-order valence-corrected chi connectivity index (χ2v) is 8.76. The van der Waals surface area contributed by atoms with E-state index < -0.39 is 5.60 Å². The fourth-order valence-corrected chi connectivity index (χ4v) is 3.93. The van der Waals surface area contributed by atoms with Gasteiger partial charge in [0.2, 0.25) is 0 Å². The van der Waals surface area contributed by atoms with Gasteiger partial charge in [-0.1, -0.05) is 49.1 Å². The van der Waals surface area contributed by atoms with E-state index in [1.165, 1.54) is 21.9 Å². The molecule has 0 aliphatic heterocycles. The van der Waals surface area contributed by atoms with Crippen LogP contribution in [0.3, 0.4) is 0 Å². The molecule has 0 saturated heterocycles. The van der Waals surface area contributed by atoms with Crippen molar-refractivity contribution in [1.29, 1.82) is 0 Å². The molecular formula is C26H32O3. The number of ether oxygens (including phenoxy) is 2. The van der Waals surface area contributed by atoms with Gasteiger partial charge in [-0.05, 0) is 75.4 Å². The molecule has 1 aliphatic rings. The number of hydrogen-bond donors (Lipinski definition) is 0. The lowest BCUT2D eigenvalue weighted by Crippen LogP contribution is -2.40. The summed E-state index contributed by atoms with van der Waals surface area (Å²) in [5.41, 5.74) is 2.28. The fourth-order valence-electron chi connectivity index (χ4n) is 3.93. The van der Waals surface area contributed by atoms with Crippen molar-refractivity contribution in [3.8, 4) is 0 Å². The zero-order chi connectivity index (χ0) is 21.2. The average Bonchev–Trinajstić information content (AvgIpc) is 2.68. The highest BCUT2D eigenvalue weighted by molar-refractivity contribution is 5.87. The molecule has 0 radical (unpaired) electrons. The monoisotopic (exact) mass is 392 g/mol. The fraction of sp³-hybridized carbons (Fsp3) is 0.423. The van der Waals surface area contributed by atoms with Gasteiger partial charge in [-0.25, -0.2) is 4.79 Å². The van der Waals surface area contributed by atoms with Crippen LogP contribution < -0.4 is 0 Å². The summed E-state index contributed by atoms with van der Waals surface area (Å²) in [7, 11) is 0. The quantitative estimate of drug-likeness (QED) is 0.318. The van der Waals surface area contributed by atoms with E-state index in [0.717, 1.165) is 12.8 Å². The van der Waals surface area contributed by atoms with Gasteiger partial charge in [-0.15, -0.1) is 0 Å². The van der Waals surface area contributed by atoms with Crippen LogP contribution in [-0.2, 0) is 14.3 Å². The maximum atomic E-state index is 12.0. The van der Waals surface area contributed by atoms with Gasteiger partial charge in [-0.3, -0.25) is 0 Å². The molecule has 3 heteroatoms. The number of esters is 1. The molecule has 0 saturated carbocycles. The third kappa shape index (κ3) is 4.97. The summed E-state index contributed by atoms with van der Waals surface area (Å²) in [6.45, 7) is 13.6. The molecular weight excluding hydrogens is 360 g/mol. The van der Waals surface area contributed by atoms with E-state index in [2.05, 4.69) is 69.0 Å². The number of rotatable bonds is 6. The molecule has 2 aromatic rings. The number of carbonyl (C=O) groups is 1. The predicted molar refractivity (Wildman–Crippen MR) is 119 cm³/mol. The molecule has 0 fully saturated rings. The van der Waals surface area contributed by atoms with Crippen molar-refractivity contribution in [2.45, 2.75) is 65.3 Å². The van der Waals surface area contributed by atoms with Crippen LogP contribution in [0.4, 0.5) is 0 Å². The van der Waals surface area contributed by atoms with Gasteiger partial charge in [0, 0.05) is 11.5 Å². The largest absolute Gasteiger partial charge is 0.456 e. The summed E-state index contributed by atoms with van der Waals surface area (Å²) in [4.78, 5) is 12.0. The molecule has 2 aromatic carbocycles. The molecule has 0 aromatic heterocycles. The Labute approximate surface area is 174 Å². The zero-order valence-corrected chi connectivity index (χ0v) is 18.2. The van der Waals surface area contributed by atoms with Crippen LogP contribution in [0.15, 0.2) is 66.3 Å². The van der Waals surface area contributed by atoms with Crippen molar-refractivity contribution < 1.29 is 14.3 Å². The predicted octanol–water partition coefficient (Wildman–Crippen LogP) is 6.54. The van der Waals surface area contributed by atoms with Crippen molar-refractivity contribution in [2.24, 2.45) is 5.92 Å². The van der Waals surface area contributed by atoms with Crippen LogP contribution in [0.5, 0.6) is 0 Å². The van der Waals surface area contributed by atoms with E-state index in [1.807, 2.05) is 13.8 Å². The van der Waals surface area contributed by atoms with Crippen LogP contribution in [-0.4, -0.2) is 17.7 Å². The molecule has 1 aliphatic carbocycles. The van der Waals surface area contributed by atoms with Crippen LogP contribution in [0.2, 0.25) is 0 Å². The van der Waals surface area contributed by atoms with Gasteiger partial charge in [0.05, 0.1) is 12.2 Å². The van der Waals surface area contributed by atoms with Crippen molar-refractivity contribution in [3.63, 3.8) is 0 Å². The standard InChI is InChI=1S/C26H32O3/c1-17(2)25(27)29-26(5,6)23-14-11-18(3)24(16-23)28-19(4)21-13-12-20-9-7-8-10-22(20)15-21/h7-13,15,19,23-24H,1,14,16H2,2-6H3. The molecule has 0 spiro atoms. The van der Waals surface area contributed by atoms with Gasteiger partial charge >= 0.3 is 5.97 Å². The maximum absolute atomic E-state index is 12.0. The van der Waals surface area contributed by atoms with E-state index in [4.69, 9.17) is 9.47 Å². The summed E-state index contributed by atoms with van der Waals surface area (Å²) in [5, 5.41) is 2.46. The molecule has 3 atom stereocenters. The smallest absolute Gasteiger partial charge is 0.333 e. The van der Waals surface area contributed by atoms with Gasteiger partial charge < -0.3 is 9.47 Å². The Morgan fingerprint density at radius 3 is 2.55 bits per heavy atom. The highest BCUT2D eigenvalue weighted by Crippen LogP contribution is 2.38. The molecule has 0 amide bonds. The van der Waals surface area contributed by atoms with Crippen LogP contribution in [0, 0.1) is 5.92 Å².